The Morgan fingerprint density at radius 3 is 2.69 bits per heavy atom. The highest BCUT2D eigenvalue weighted by Gasteiger charge is 2.13. The van der Waals surface area contributed by atoms with Crippen LogP contribution >= 0.6 is 11.3 Å². The maximum atomic E-state index is 12.4. The third-order valence-electron chi connectivity index (χ3n) is 3.57. The number of benzene rings is 1. The Morgan fingerprint density at radius 2 is 2.00 bits per heavy atom. The lowest BCUT2D eigenvalue weighted by Crippen LogP contribution is -2.13. The van der Waals surface area contributed by atoms with Crippen LogP contribution in [0, 0.1) is 0 Å². The van der Waals surface area contributed by atoms with Crippen LogP contribution < -0.4 is 10.6 Å². The monoisotopic (exact) mass is 369 g/mol. The predicted octanol–water partition coefficient (Wildman–Crippen LogP) is 3.53. The third-order valence-corrected chi connectivity index (χ3v) is 4.46. The molecular formula is C18H19N5O2S. The van der Waals surface area contributed by atoms with Gasteiger partial charge in [0.05, 0.1) is 6.20 Å². The Bertz CT molecular complexity index is 931. The number of amides is 2. The highest BCUT2D eigenvalue weighted by molar-refractivity contribution is 7.13. The van der Waals surface area contributed by atoms with E-state index in [1.807, 2.05) is 20.2 Å². The van der Waals surface area contributed by atoms with Gasteiger partial charge in [0.2, 0.25) is 5.91 Å². The van der Waals surface area contributed by atoms with E-state index in [0.29, 0.717) is 23.5 Å². The molecule has 0 saturated carbocycles. The number of hydrogen-bond acceptors (Lipinski definition) is 5. The second-order valence-electron chi connectivity index (χ2n) is 5.77. The van der Waals surface area contributed by atoms with Crippen LogP contribution in [0.3, 0.4) is 0 Å². The van der Waals surface area contributed by atoms with Crippen LogP contribution in [-0.4, -0.2) is 26.6 Å². The molecule has 0 bridgehead atoms. The first kappa shape index (κ1) is 17.8. The number of carbonyl (C=O) groups is 2. The van der Waals surface area contributed by atoms with Crippen molar-refractivity contribution in [3.05, 3.63) is 47.7 Å². The number of hydrogen-bond donors (Lipinski definition) is 2. The van der Waals surface area contributed by atoms with E-state index in [4.69, 9.17) is 0 Å². The number of nitrogens with one attached hydrogen (secondary N) is 2. The topological polar surface area (TPSA) is 88.9 Å². The molecule has 26 heavy (non-hydrogen) atoms. The normalized spacial score (nSPS) is 10.5. The zero-order valence-electron chi connectivity index (χ0n) is 14.5. The van der Waals surface area contributed by atoms with Gasteiger partial charge >= 0.3 is 0 Å². The van der Waals surface area contributed by atoms with E-state index in [9.17, 15) is 9.59 Å². The van der Waals surface area contributed by atoms with Crippen LogP contribution in [-0.2, 0) is 11.8 Å². The van der Waals surface area contributed by atoms with Crippen molar-refractivity contribution in [1.82, 2.24) is 14.8 Å². The molecule has 0 radical (unpaired) electrons. The zero-order valence-corrected chi connectivity index (χ0v) is 15.3. The first-order valence-corrected chi connectivity index (χ1v) is 9.09. The van der Waals surface area contributed by atoms with Gasteiger partial charge in [0, 0.05) is 42.0 Å². The Balaban J connectivity index is 1.68. The Hall–Kier alpha value is -3.00. The standard InChI is InChI=1S/C18H19N5O2S/c1-3-5-16(24)20-13-6-4-7-14(8-13)21-17(25)15-11-26-18(22-15)12-9-19-23(2)10-12/h4,6-11H,3,5H2,1-2H3,(H,20,24)(H,21,25). The third kappa shape index (κ3) is 4.34. The molecular weight excluding hydrogens is 350 g/mol. The largest absolute Gasteiger partial charge is 0.326 e. The van der Waals surface area contributed by atoms with Crippen LogP contribution in [0.4, 0.5) is 11.4 Å². The Kier molecular flexibility index (Phi) is 5.43. The second kappa shape index (κ2) is 7.92. The van der Waals surface area contributed by atoms with Crippen molar-refractivity contribution in [1.29, 1.82) is 0 Å². The lowest BCUT2D eigenvalue weighted by atomic mass is 10.2. The van der Waals surface area contributed by atoms with Gasteiger partial charge in [-0.2, -0.15) is 5.10 Å². The molecule has 2 heterocycles. The van der Waals surface area contributed by atoms with E-state index in [-0.39, 0.29) is 11.8 Å². The van der Waals surface area contributed by atoms with Crippen molar-refractivity contribution in [2.75, 3.05) is 10.6 Å². The van der Waals surface area contributed by atoms with Crippen molar-refractivity contribution in [3.8, 4) is 10.6 Å². The minimum atomic E-state index is -0.298. The molecule has 1 aromatic carbocycles. The van der Waals surface area contributed by atoms with Gasteiger partial charge < -0.3 is 10.6 Å². The minimum absolute atomic E-state index is 0.0448. The predicted molar refractivity (Wildman–Crippen MR) is 102 cm³/mol. The molecule has 3 rings (SSSR count). The second-order valence-corrected chi connectivity index (χ2v) is 6.63. The highest BCUT2D eigenvalue weighted by atomic mass is 32.1. The van der Waals surface area contributed by atoms with E-state index in [0.717, 1.165) is 17.0 Å². The maximum absolute atomic E-state index is 12.4. The van der Waals surface area contributed by atoms with Crippen LogP contribution in [0.25, 0.3) is 10.6 Å². The summed E-state index contributed by atoms with van der Waals surface area (Å²) in [4.78, 5) is 28.5. The smallest absolute Gasteiger partial charge is 0.275 e. The van der Waals surface area contributed by atoms with E-state index in [1.54, 1.807) is 40.5 Å². The molecule has 7 nitrogen and oxygen atoms in total. The fraction of sp³-hybridized carbons (Fsp3) is 0.222. The average molecular weight is 369 g/mol. The van der Waals surface area contributed by atoms with E-state index >= 15 is 0 Å². The molecule has 0 aliphatic carbocycles. The van der Waals surface area contributed by atoms with Crippen molar-refractivity contribution in [2.45, 2.75) is 19.8 Å². The molecule has 2 aromatic heterocycles. The molecule has 0 atom stereocenters. The molecule has 0 aliphatic heterocycles. The summed E-state index contributed by atoms with van der Waals surface area (Å²) in [6.45, 7) is 1.95. The molecule has 3 aromatic rings. The molecule has 134 valence electrons. The lowest BCUT2D eigenvalue weighted by Gasteiger charge is -2.07. The van der Waals surface area contributed by atoms with E-state index in [1.165, 1.54) is 11.3 Å². The van der Waals surface area contributed by atoms with E-state index < -0.39 is 0 Å². The number of rotatable bonds is 6. The van der Waals surface area contributed by atoms with Gasteiger partial charge in [-0.05, 0) is 24.6 Å². The van der Waals surface area contributed by atoms with Gasteiger partial charge in [-0.3, -0.25) is 14.3 Å². The van der Waals surface area contributed by atoms with Gasteiger partial charge in [0.1, 0.15) is 10.7 Å². The van der Waals surface area contributed by atoms with Gasteiger partial charge in [-0.1, -0.05) is 13.0 Å². The fourth-order valence-electron chi connectivity index (χ4n) is 2.36. The summed E-state index contributed by atoms with van der Waals surface area (Å²) in [5.41, 5.74) is 2.46. The summed E-state index contributed by atoms with van der Waals surface area (Å²) in [6, 6.07) is 7.05. The lowest BCUT2D eigenvalue weighted by molar-refractivity contribution is -0.116. The van der Waals surface area contributed by atoms with Crippen molar-refractivity contribution >= 4 is 34.5 Å². The number of nitrogens with zero attached hydrogens (tertiary/aromatic N) is 3. The van der Waals surface area contributed by atoms with Crippen LogP contribution in [0.15, 0.2) is 42.0 Å². The van der Waals surface area contributed by atoms with Gasteiger partial charge in [0.15, 0.2) is 0 Å². The quantitative estimate of drug-likeness (QED) is 0.695. The van der Waals surface area contributed by atoms with Crippen molar-refractivity contribution in [2.24, 2.45) is 7.05 Å². The van der Waals surface area contributed by atoms with Gasteiger partial charge in [-0.15, -0.1) is 11.3 Å². The number of carbonyl (C=O) groups excluding carboxylic acids is 2. The fourth-order valence-corrected chi connectivity index (χ4v) is 3.14. The molecule has 2 amide bonds. The molecule has 8 heteroatoms. The molecule has 2 N–H and O–H groups in total. The zero-order chi connectivity index (χ0) is 18.5. The highest BCUT2D eigenvalue weighted by Crippen LogP contribution is 2.24. The van der Waals surface area contributed by atoms with E-state index in [2.05, 4.69) is 20.7 Å². The van der Waals surface area contributed by atoms with Crippen molar-refractivity contribution < 1.29 is 9.59 Å². The SMILES string of the molecule is CCCC(=O)Nc1cccc(NC(=O)c2csc(-c3cnn(C)c3)n2)c1. The van der Waals surface area contributed by atoms with Gasteiger partial charge in [0.25, 0.3) is 5.91 Å². The summed E-state index contributed by atoms with van der Waals surface area (Å²) in [5, 5.41) is 12.2. The summed E-state index contributed by atoms with van der Waals surface area (Å²) >= 11 is 1.39. The molecule has 0 spiro atoms. The first-order valence-electron chi connectivity index (χ1n) is 8.21. The summed E-state index contributed by atoms with van der Waals surface area (Å²) in [6.07, 6.45) is 4.81. The molecule has 0 aliphatic rings. The minimum Gasteiger partial charge on any atom is -0.326 e. The summed E-state index contributed by atoms with van der Waals surface area (Å²) < 4.78 is 1.69. The van der Waals surface area contributed by atoms with Crippen LogP contribution in [0.5, 0.6) is 0 Å². The average Bonchev–Trinajstić information content (AvgIpc) is 3.24. The number of anilines is 2. The summed E-state index contributed by atoms with van der Waals surface area (Å²) in [7, 11) is 1.83. The maximum Gasteiger partial charge on any atom is 0.275 e. The Labute approximate surface area is 155 Å². The molecule has 0 saturated heterocycles. The van der Waals surface area contributed by atoms with Crippen LogP contribution in [0.2, 0.25) is 0 Å². The summed E-state index contributed by atoms with van der Waals surface area (Å²) in [5.74, 6) is -0.343. The Morgan fingerprint density at radius 1 is 1.23 bits per heavy atom. The van der Waals surface area contributed by atoms with Crippen molar-refractivity contribution in [3.63, 3.8) is 0 Å². The number of thiazole rings is 1. The first-order chi connectivity index (χ1) is 12.5. The number of aryl methyl sites for hydroxylation is 1. The molecule has 0 unspecified atom stereocenters. The van der Waals surface area contributed by atoms with Crippen LogP contribution in [0.1, 0.15) is 30.3 Å². The van der Waals surface area contributed by atoms with Gasteiger partial charge in [-0.25, -0.2) is 4.98 Å². The molecule has 0 fully saturated rings. The number of aromatic nitrogens is 3.